The van der Waals surface area contributed by atoms with Crippen molar-refractivity contribution in [2.75, 3.05) is 5.50 Å². The minimum atomic E-state index is -1.57. The van der Waals surface area contributed by atoms with E-state index in [1.807, 2.05) is 0 Å². The summed E-state index contributed by atoms with van der Waals surface area (Å²) in [6.07, 6.45) is 0. The van der Waals surface area contributed by atoms with Gasteiger partial charge in [0.2, 0.25) is 0 Å². The highest BCUT2D eigenvalue weighted by molar-refractivity contribution is 6.94. The summed E-state index contributed by atoms with van der Waals surface area (Å²) < 4.78 is 0. The number of hydrogen-bond acceptors (Lipinski definition) is 0. The molecular formula is C15H17ClSi. The first kappa shape index (κ1) is 12.4. The summed E-state index contributed by atoms with van der Waals surface area (Å²) in [5, 5.41) is 1.44. The van der Waals surface area contributed by atoms with Crippen LogP contribution in [0, 0.1) is 0 Å². The zero-order valence-corrected chi connectivity index (χ0v) is 11.8. The Morgan fingerprint density at radius 1 is 0.882 bits per heavy atom. The summed E-state index contributed by atoms with van der Waals surface area (Å²) in [7, 11) is -1.57. The summed E-state index contributed by atoms with van der Waals surface area (Å²) in [6, 6.07) is 22.5. The van der Waals surface area contributed by atoms with Crippen LogP contribution in [0.25, 0.3) is 0 Å². The third kappa shape index (κ3) is 2.99. The molecule has 0 amide bonds. The molecule has 0 aliphatic rings. The van der Waals surface area contributed by atoms with Gasteiger partial charge >= 0.3 is 0 Å². The summed E-state index contributed by atoms with van der Waals surface area (Å²) >= 11 is 6.25. The fraction of sp³-hybridized carbons (Fsp3) is 0.200. The van der Waals surface area contributed by atoms with Crippen molar-refractivity contribution in [1.29, 1.82) is 0 Å². The molecule has 2 heteroatoms. The first-order valence-electron chi connectivity index (χ1n) is 5.90. The Hall–Kier alpha value is -1.05. The second kappa shape index (κ2) is 5.52. The highest BCUT2D eigenvalue weighted by Gasteiger charge is 2.28. The molecule has 0 spiro atoms. The van der Waals surface area contributed by atoms with Gasteiger partial charge in [0.05, 0.1) is 0 Å². The maximum absolute atomic E-state index is 6.25. The van der Waals surface area contributed by atoms with Crippen LogP contribution in [0.3, 0.4) is 0 Å². The van der Waals surface area contributed by atoms with Crippen LogP contribution >= 0.6 is 11.6 Å². The van der Waals surface area contributed by atoms with Crippen LogP contribution in [0.4, 0.5) is 0 Å². The van der Waals surface area contributed by atoms with E-state index in [4.69, 9.17) is 11.6 Å². The maximum Gasteiger partial charge on any atom is 0.103 e. The van der Waals surface area contributed by atoms with Crippen LogP contribution in [0.15, 0.2) is 60.7 Å². The Morgan fingerprint density at radius 3 is 1.94 bits per heavy atom. The number of halogens is 1. The predicted octanol–water partition coefficient (Wildman–Crippen LogP) is 3.53. The van der Waals surface area contributed by atoms with E-state index in [2.05, 4.69) is 67.2 Å². The lowest BCUT2D eigenvalue weighted by atomic mass is 10.2. The average molecular weight is 261 g/mol. The van der Waals surface area contributed by atoms with Gasteiger partial charge in [0.25, 0.3) is 0 Å². The minimum Gasteiger partial charge on any atom is -0.130 e. The SMILES string of the molecule is C[Si](CCl)(Cc1ccccc1)c1ccccc1. The first-order chi connectivity index (χ1) is 8.24. The second-order valence-electron chi connectivity index (χ2n) is 4.72. The monoisotopic (exact) mass is 260 g/mol. The van der Waals surface area contributed by atoms with Crippen molar-refractivity contribution in [2.24, 2.45) is 0 Å². The lowest BCUT2D eigenvalue weighted by Gasteiger charge is -2.25. The van der Waals surface area contributed by atoms with Gasteiger partial charge in [-0.25, -0.2) is 0 Å². The lowest BCUT2D eigenvalue weighted by molar-refractivity contribution is 1.32. The molecule has 2 aromatic rings. The average Bonchev–Trinajstić information content (AvgIpc) is 2.41. The zero-order chi connectivity index (χ0) is 12.1. The van der Waals surface area contributed by atoms with E-state index in [1.165, 1.54) is 10.8 Å². The highest BCUT2D eigenvalue weighted by atomic mass is 35.5. The molecule has 0 saturated heterocycles. The fourth-order valence-electron chi connectivity index (χ4n) is 2.11. The molecule has 2 rings (SSSR count). The van der Waals surface area contributed by atoms with E-state index in [9.17, 15) is 0 Å². The molecule has 0 saturated carbocycles. The smallest absolute Gasteiger partial charge is 0.103 e. The maximum atomic E-state index is 6.25. The van der Waals surface area contributed by atoms with Gasteiger partial charge in [-0.1, -0.05) is 78.0 Å². The van der Waals surface area contributed by atoms with E-state index >= 15 is 0 Å². The Labute approximate surface area is 109 Å². The standard InChI is InChI=1S/C15H17ClSi/c1-17(13-16,15-10-6-3-7-11-15)12-14-8-4-2-5-9-14/h2-11H,12-13H2,1H3. The summed E-state index contributed by atoms with van der Waals surface area (Å²) in [4.78, 5) is 0. The van der Waals surface area contributed by atoms with Crippen molar-refractivity contribution in [3.63, 3.8) is 0 Å². The van der Waals surface area contributed by atoms with E-state index in [0.717, 1.165) is 11.5 Å². The topological polar surface area (TPSA) is 0 Å². The Balaban J connectivity index is 2.27. The normalized spacial score (nSPS) is 14.2. The number of hydrogen-bond donors (Lipinski definition) is 0. The molecule has 1 unspecified atom stereocenters. The van der Waals surface area contributed by atoms with Crippen LogP contribution in [-0.4, -0.2) is 13.6 Å². The molecule has 0 aliphatic heterocycles. The van der Waals surface area contributed by atoms with Gasteiger partial charge in [0.1, 0.15) is 8.07 Å². The van der Waals surface area contributed by atoms with Crippen LogP contribution in [0.5, 0.6) is 0 Å². The van der Waals surface area contributed by atoms with Gasteiger partial charge in [0.15, 0.2) is 0 Å². The molecule has 0 aliphatic carbocycles. The Kier molecular flexibility index (Phi) is 4.03. The van der Waals surface area contributed by atoms with Gasteiger partial charge in [-0.05, 0) is 6.04 Å². The molecule has 0 heterocycles. The van der Waals surface area contributed by atoms with Gasteiger partial charge in [-0.15, -0.1) is 11.6 Å². The summed E-state index contributed by atoms with van der Waals surface area (Å²) in [5.74, 6) is 0. The summed E-state index contributed by atoms with van der Waals surface area (Å²) in [6.45, 7) is 2.36. The summed E-state index contributed by atoms with van der Waals surface area (Å²) in [5.41, 5.74) is 2.16. The molecule has 1 atom stereocenters. The lowest BCUT2D eigenvalue weighted by Crippen LogP contribution is -2.49. The van der Waals surface area contributed by atoms with Crippen molar-refractivity contribution in [2.45, 2.75) is 12.6 Å². The van der Waals surface area contributed by atoms with Crippen molar-refractivity contribution in [1.82, 2.24) is 0 Å². The Bertz CT molecular complexity index is 455. The molecule has 0 bridgehead atoms. The zero-order valence-electron chi connectivity index (χ0n) is 10.1. The van der Waals surface area contributed by atoms with Crippen molar-refractivity contribution in [3.05, 3.63) is 66.2 Å². The molecule has 17 heavy (non-hydrogen) atoms. The quantitative estimate of drug-likeness (QED) is 0.583. The third-order valence-electron chi connectivity index (χ3n) is 3.20. The van der Waals surface area contributed by atoms with Gasteiger partial charge in [0, 0.05) is 5.50 Å². The molecule has 0 radical (unpaired) electrons. The van der Waals surface area contributed by atoms with Crippen molar-refractivity contribution < 1.29 is 0 Å². The van der Waals surface area contributed by atoms with Gasteiger partial charge in [-0.2, -0.15) is 0 Å². The fourth-order valence-corrected chi connectivity index (χ4v) is 5.45. The third-order valence-corrected chi connectivity index (χ3v) is 8.48. The minimum absolute atomic E-state index is 0.770. The number of alkyl halides is 1. The molecule has 88 valence electrons. The highest BCUT2D eigenvalue weighted by Crippen LogP contribution is 2.14. The van der Waals surface area contributed by atoms with Crippen LogP contribution < -0.4 is 5.19 Å². The molecule has 0 fully saturated rings. The van der Waals surface area contributed by atoms with Gasteiger partial charge in [-0.3, -0.25) is 0 Å². The van der Waals surface area contributed by atoms with E-state index in [0.29, 0.717) is 0 Å². The predicted molar refractivity (Wildman–Crippen MR) is 78.6 cm³/mol. The largest absolute Gasteiger partial charge is 0.130 e. The molecule has 0 aromatic heterocycles. The second-order valence-corrected chi connectivity index (χ2v) is 9.84. The van der Waals surface area contributed by atoms with Crippen LogP contribution in [0.2, 0.25) is 6.55 Å². The van der Waals surface area contributed by atoms with Crippen LogP contribution in [0.1, 0.15) is 5.56 Å². The number of benzene rings is 2. The van der Waals surface area contributed by atoms with E-state index in [1.54, 1.807) is 0 Å². The molecule has 0 N–H and O–H groups in total. The van der Waals surface area contributed by atoms with Crippen molar-refractivity contribution >= 4 is 24.9 Å². The van der Waals surface area contributed by atoms with Crippen molar-refractivity contribution in [3.8, 4) is 0 Å². The Morgan fingerprint density at radius 2 is 1.41 bits per heavy atom. The first-order valence-corrected chi connectivity index (χ1v) is 9.35. The van der Waals surface area contributed by atoms with E-state index in [-0.39, 0.29) is 0 Å². The molecule has 0 nitrogen and oxygen atoms in total. The molecule has 2 aromatic carbocycles. The number of rotatable bonds is 4. The molecular weight excluding hydrogens is 244 g/mol. The van der Waals surface area contributed by atoms with Gasteiger partial charge < -0.3 is 0 Å². The van der Waals surface area contributed by atoms with E-state index < -0.39 is 8.07 Å². The van der Waals surface area contributed by atoms with Crippen LogP contribution in [-0.2, 0) is 6.04 Å².